The summed E-state index contributed by atoms with van der Waals surface area (Å²) in [6.07, 6.45) is 0. The minimum absolute atomic E-state index is 0.241. The molecule has 0 saturated carbocycles. The Labute approximate surface area is 336 Å². The molecule has 0 amide bonds. The first kappa shape index (κ1) is 33.4. The van der Waals surface area contributed by atoms with Crippen LogP contribution in [0.1, 0.15) is 23.6 Å². The van der Waals surface area contributed by atoms with Crippen molar-refractivity contribution in [3.63, 3.8) is 0 Å². The molecule has 57 heavy (non-hydrogen) atoms. The van der Waals surface area contributed by atoms with Crippen LogP contribution in [0.15, 0.2) is 200 Å². The molecule has 2 aromatic heterocycles. The molecule has 3 heteroatoms. The predicted molar refractivity (Wildman–Crippen MR) is 240 cm³/mol. The van der Waals surface area contributed by atoms with Crippen molar-refractivity contribution in [2.45, 2.75) is 12.3 Å². The molecule has 0 atom stereocenters. The summed E-state index contributed by atoms with van der Waals surface area (Å²) in [5.41, 5.74) is 15.9. The molecule has 1 aliphatic rings. The van der Waals surface area contributed by atoms with Gasteiger partial charge in [-0.3, -0.25) is 0 Å². The van der Waals surface area contributed by atoms with Gasteiger partial charge in [-0.15, -0.1) is 11.3 Å². The van der Waals surface area contributed by atoms with Gasteiger partial charge in [0.1, 0.15) is 0 Å². The Kier molecular flexibility index (Phi) is 7.84. The van der Waals surface area contributed by atoms with E-state index in [2.05, 4.69) is 189 Å². The summed E-state index contributed by atoms with van der Waals surface area (Å²) in [5.74, 6) is 0.705. The molecule has 1 aliphatic carbocycles. The predicted octanol–water partition coefficient (Wildman–Crippen LogP) is 14.5. The smallest absolute Gasteiger partial charge is 0.160 e. The molecular weight excluding hydrogens is 709 g/mol. The fourth-order valence-corrected chi connectivity index (χ4v) is 10.0. The normalized spacial score (nSPS) is 12.8. The van der Waals surface area contributed by atoms with Crippen LogP contribution in [0, 0.1) is 0 Å². The van der Waals surface area contributed by atoms with E-state index in [1.807, 2.05) is 29.5 Å². The molecule has 0 radical (unpaired) electrons. The summed E-state index contributed by atoms with van der Waals surface area (Å²) in [4.78, 5) is 10.5. The third-order valence-electron chi connectivity index (χ3n) is 11.8. The maximum Gasteiger partial charge on any atom is 0.160 e. The number of fused-ring (bicyclic) bond motifs is 6. The Balaban J connectivity index is 1.01. The molecule has 10 aromatic rings. The first-order chi connectivity index (χ1) is 28.1. The lowest BCUT2D eigenvalue weighted by molar-refractivity contribution is 0.714. The molecule has 0 aliphatic heterocycles. The highest BCUT2D eigenvalue weighted by Gasteiger charge is 2.40. The van der Waals surface area contributed by atoms with Crippen molar-refractivity contribution in [3.8, 4) is 67.3 Å². The monoisotopic (exact) mass is 744 g/mol. The Bertz CT molecular complexity index is 3090. The van der Waals surface area contributed by atoms with Crippen LogP contribution in [0.4, 0.5) is 0 Å². The fraction of sp³-hybridized carbons (Fsp3) is 0.0370. The molecular formula is C54H36N2S. The van der Waals surface area contributed by atoms with Crippen LogP contribution >= 0.6 is 11.3 Å². The van der Waals surface area contributed by atoms with Crippen LogP contribution < -0.4 is 0 Å². The molecule has 0 fully saturated rings. The summed E-state index contributed by atoms with van der Waals surface area (Å²) in [7, 11) is 0. The third-order valence-corrected chi connectivity index (χ3v) is 13.0. The number of hydrogen-bond donors (Lipinski definition) is 0. The molecule has 0 spiro atoms. The number of thiophene rings is 1. The van der Waals surface area contributed by atoms with E-state index < -0.39 is 0 Å². The minimum Gasteiger partial charge on any atom is -0.228 e. The number of hydrogen-bond acceptors (Lipinski definition) is 3. The van der Waals surface area contributed by atoms with Crippen LogP contribution in [-0.2, 0) is 5.41 Å². The number of aromatic nitrogens is 2. The topological polar surface area (TPSA) is 25.8 Å². The third kappa shape index (κ3) is 5.54. The van der Waals surface area contributed by atoms with Gasteiger partial charge in [0.15, 0.2) is 5.82 Å². The van der Waals surface area contributed by atoms with Gasteiger partial charge < -0.3 is 0 Å². The standard InChI is InChI=1S/C54H36N2S/c1-54(47-23-10-7-19-42(47)43-20-8-11-24-48(43)54)40-29-26-35(27-30-40)41-18-5-6-21-44(41)50-34-49(55-53(56-50)36-14-3-2-4-15-36)39-17-13-16-37(32-39)38-28-31-52-46(33-38)45-22-9-12-25-51(45)57-52/h2-34H,1H3. The first-order valence-electron chi connectivity index (χ1n) is 19.5. The molecule has 2 heterocycles. The van der Waals surface area contributed by atoms with E-state index in [4.69, 9.17) is 9.97 Å². The molecule has 0 N–H and O–H groups in total. The van der Waals surface area contributed by atoms with Crippen molar-refractivity contribution in [1.29, 1.82) is 0 Å². The van der Waals surface area contributed by atoms with E-state index in [-0.39, 0.29) is 5.41 Å². The number of nitrogens with zero attached hydrogens (tertiary/aromatic N) is 2. The number of rotatable bonds is 6. The SMILES string of the molecule is CC1(c2ccc(-c3ccccc3-c3cc(-c4cccc(-c5ccc6sc7ccccc7c6c5)c4)nc(-c4ccccc4)n3)cc2)c2ccccc2-c2ccccc21. The Morgan fingerprint density at radius 2 is 0.930 bits per heavy atom. The van der Waals surface area contributed by atoms with Gasteiger partial charge in [0.05, 0.1) is 11.4 Å². The lowest BCUT2D eigenvalue weighted by atomic mass is 9.74. The van der Waals surface area contributed by atoms with Gasteiger partial charge >= 0.3 is 0 Å². The Morgan fingerprint density at radius 1 is 0.368 bits per heavy atom. The maximum absolute atomic E-state index is 5.26. The van der Waals surface area contributed by atoms with Gasteiger partial charge in [-0.2, -0.15) is 0 Å². The van der Waals surface area contributed by atoms with E-state index in [1.54, 1.807) is 0 Å². The van der Waals surface area contributed by atoms with E-state index in [0.717, 1.165) is 44.8 Å². The molecule has 0 bridgehead atoms. The Morgan fingerprint density at radius 3 is 1.70 bits per heavy atom. The van der Waals surface area contributed by atoms with Crippen molar-refractivity contribution in [3.05, 3.63) is 217 Å². The van der Waals surface area contributed by atoms with E-state index in [9.17, 15) is 0 Å². The lowest BCUT2D eigenvalue weighted by Crippen LogP contribution is -2.22. The average Bonchev–Trinajstić information content (AvgIpc) is 3.79. The molecule has 8 aromatic carbocycles. The average molecular weight is 745 g/mol. The highest BCUT2D eigenvalue weighted by molar-refractivity contribution is 7.25. The summed E-state index contributed by atoms with van der Waals surface area (Å²) in [6, 6.07) is 72.2. The van der Waals surface area contributed by atoms with Gasteiger partial charge in [-0.05, 0) is 87.3 Å². The summed E-state index contributed by atoms with van der Waals surface area (Å²) >= 11 is 1.85. The lowest BCUT2D eigenvalue weighted by Gasteiger charge is -2.28. The largest absolute Gasteiger partial charge is 0.228 e. The second-order valence-electron chi connectivity index (χ2n) is 15.1. The van der Waals surface area contributed by atoms with Gasteiger partial charge in [-0.25, -0.2) is 9.97 Å². The molecule has 268 valence electrons. The van der Waals surface area contributed by atoms with Gasteiger partial charge in [0.2, 0.25) is 0 Å². The van der Waals surface area contributed by atoms with E-state index in [1.165, 1.54) is 53.6 Å². The zero-order valence-electron chi connectivity index (χ0n) is 31.4. The van der Waals surface area contributed by atoms with Gasteiger partial charge in [0, 0.05) is 42.3 Å². The molecule has 0 unspecified atom stereocenters. The van der Waals surface area contributed by atoms with Crippen LogP contribution in [-0.4, -0.2) is 9.97 Å². The number of benzene rings is 8. The minimum atomic E-state index is -0.241. The summed E-state index contributed by atoms with van der Waals surface area (Å²) < 4.78 is 2.62. The quantitative estimate of drug-likeness (QED) is 0.169. The van der Waals surface area contributed by atoms with Crippen LogP contribution in [0.3, 0.4) is 0 Å². The van der Waals surface area contributed by atoms with Crippen LogP contribution in [0.5, 0.6) is 0 Å². The van der Waals surface area contributed by atoms with Crippen molar-refractivity contribution >= 4 is 31.5 Å². The van der Waals surface area contributed by atoms with Crippen molar-refractivity contribution in [1.82, 2.24) is 9.97 Å². The molecule has 0 saturated heterocycles. The highest BCUT2D eigenvalue weighted by atomic mass is 32.1. The van der Waals surface area contributed by atoms with Gasteiger partial charge in [0.25, 0.3) is 0 Å². The second-order valence-corrected chi connectivity index (χ2v) is 16.1. The maximum atomic E-state index is 5.26. The summed E-state index contributed by atoms with van der Waals surface area (Å²) in [6.45, 7) is 2.37. The zero-order valence-corrected chi connectivity index (χ0v) is 32.2. The highest BCUT2D eigenvalue weighted by Crippen LogP contribution is 2.52. The van der Waals surface area contributed by atoms with Crippen LogP contribution in [0.2, 0.25) is 0 Å². The van der Waals surface area contributed by atoms with Crippen LogP contribution in [0.25, 0.3) is 87.5 Å². The second kappa shape index (κ2) is 13.4. The van der Waals surface area contributed by atoms with Crippen molar-refractivity contribution in [2.75, 3.05) is 0 Å². The molecule has 11 rings (SSSR count). The zero-order chi connectivity index (χ0) is 37.9. The van der Waals surface area contributed by atoms with E-state index >= 15 is 0 Å². The summed E-state index contributed by atoms with van der Waals surface area (Å²) in [5, 5.41) is 2.60. The van der Waals surface area contributed by atoms with Crippen molar-refractivity contribution < 1.29 is 0 Å². The van der Waals surface area contributed by atoms with Gasteiger partial charge in [-0.1, -0.05) is 170 Å². The first-order valence-corrected chi connectivity index (χ1v) is 20.3. The fourth-order valence-electron chi connectivity index (χ4n) is 8.92. The Hall–Kier alpha value is -6.94. The molecule has 2 nitrogen and oxygen atoms in total. The van der Waals surface area contributed by atoms with Crippen molar-refractivity contribution in [2.24, 2.45) is 0 Å². The van der Waals surface area contributed by atoms with E-state index in [0.29, 0.717) is 5.82 Å².